The summed E-state index contributed by atoms with van der Waals surface area (Å²) in [5.74, 6) is 0.551. The van der Waals surface area contributed by atoms with Gasteiger partial charge in [-0.05, 0) is 39.8 Å². The first-order valence-electron chi connectivity index (χ1n) is 11.0. The van der Waals surface area contributed by atoms with E-state index < -0.39 is 0 Å². The summed E-state index contributed by atoms with van der Waals surface area (Å²) in [6, 6.07) is 29.0. The Morgan fingerprint density at radius 3 is 1.88 bits per heavy atom. The number of hydrogen-bond donors (Lipinski definition) is 0. The van der Waals surface area contributed by atoms with Crippen molar-refractivity contribution in [1.82, 2.24) is 0 Å². The Morgan fingerprint density at radius 1 is 0.559 bits per heavy atom. The van der Waals surface area contributed by atoms with Crippen molar-refractivity contribution in [3.63, 3.8) is 0 Å². The molecule has 2 aromatic heterocycles. The molecule has 0 amide bonds. The zero-order chi connectivity index (χ0) is 22.8. The Morgan fingerprint density at radius 2 is 1.18 bits per heavy atom. The van der Waals surface area contributed by atoms with Gasteiger partial charge in [0, 0.05) is 28.8 Å². The van der Waals surface area contributed by atoms with Gasteiger partial charge >= 0.3 is 0 Å². The zero-order valence-electron chi connectivity index (χ0n) is 17.9. The molecule has 0 bridgehead atoms. The molecule has 2 heterocycles. The predicted molar refractivity (Wildman–Crippen MR) is 132 cm³/mol. The number of benzene rings is 4. The largest absolute Gasteiger partial charge is 0.453 e. The number of allylic oxidation sites excluding steroid dienone is 1. The lowest BCUT2D eigenvalue weighted by molar-refractivity contribution is 0.0990. The van der Waals surface area contributed by atoms with Gasteiger partial charge < -0.3 is 8.83 Å². The first-order valence-corrected chi connectivity index (χ1v) is 11.0. The van der Waals surface area contributed by atoms with Crippen LogP contribution in [0, 0.1) is 0 Å². The van der Waals surface area contributed by atoms with Crippen molar-refractivity contribution in [2.75, 3.05) is 0 Å². The van der Waals surface area contributed by atoms with E-state index in [0.29, 0.717) is 33.8 Å². The van der Waals surface area contributed by atoms with Gasteiger partial charge in [0.1, 0.15) is 11.5 Å². The number of ketones is 2. The summed E-state index contributed by atoms with van der Waals surface area (Å²) in [4.78, 5) is 26.0. The summed E-state index contributed by atoms with van der Waals surface area (Å²) in [5, 5.41) is 4.08. The van der Waals surface area contributed by atoms with Crippen molar-refractivity contribution in [3.05, 3.63) is 113 Å². The molecule has 0 unspecified atom stereocenters. The van der Waals surface area contributed by atoms with Crippen LogP contribution in [0.1, 0.15) is 26.5 Å². The molecule has 0 atom stereocenters. The van der Waals surface area contributed by atoms with Gasteiger partial charge in [-0.3, -0.25) is 9.59 Å². The second-order valence-electron chi connectivity index (χ2n) is 8.48. The maximum Gasteiger partial charge on any atom is 0.197 e. The van der Waals surface area contributed by atoms with Gasteiger partial charge in [-0.25, -0.2) is 0 Å². The predicted octanol–water partition coefficient (Wildman–Crippen LogP) is 7.46. The molecule has 4 nitrogen and oxygen atoms in total. The lowest BCUT2D eigenvalue weighted by Gasteiger charge is -2.03. The molecule has 0 N–H and O–H groups in total. The van der Waals surface area contributed by atoms with Gasteiger partial charge in [0.15, 0.2) is 22.7 Å². The summed E-state index contributed by atoms with van der Waals surface area (Å²) >= 11 is 0. The van der Waals surface area contributed by atoms with Crippen LogP contribution in [-0.2, 0) is 0 Å². The van der Waals surface area contributed by atoms with E-state index in [1.807, 2.05) is 54.6 Å². The van der Waals surface area contributed by atoms with Crippen LogP contribution < -0.4 is 0 Å². The maximum absolute atomic E-state index is 13.0. The molecular weight excluding hydrogens is 424 g/mol. The highest BCUT2D eigenvalue weighted by Crippen LogP contribution is 2.36. The minimum Gasteiger partial charge on any atom is -0.453 e. The summed E-state index contributed by atoms with van der Waals surface area (Å²) in [5.41, 5.74) is 3.09. The number of hydrogen-bond acceptors (Lipinski definition) is 4. The van der Waals surface area contributed by atoms with Gasteiger partial charge in [-0.2, -0.15) is 0 Å². The van der Waals surface area contributed by atoms with Crippen LogP contribution in [-0.4, -0.2) is 11.6 Å². The first kappa shape index (κ1) is 18.8. The monoisotopic (exact) mass is 440 g/mol. The number of Topliss-reactive ketones (excluding diaryl/α,β-unsaturated/α-hetero) is 2. The van der Waals surface area contributed by atoms with Crippen LogP contribution >= 0.6 is 0 Å². The Balaban J connectivity index is 1.28. The molecule has 0 spiro atoms. The van der Waals surface area contributed by atoms with Crippen molar-refractivity contribution in [2.45, 2.75) is 0 Å². The summed E-state index contributed by atoms with van der Waals surface area (Å²) < 4.78 is 12.0. The van der Waals surface area contributed by atoms with Crippen molar-refractivity contribution >= 4 is 50.4 Å². The van der Waals surface area contributed by atoms with E-state index in [-0.39, 0.29) is 17.1 Å². The smallest absolute Gasteiger partial charge is 0.197 e. The molecule has 1 aliphatic carbocycles. The lowest BCUT2D eigenvalue weighted by atomic mass is 10.0. The van der Waals surface area contributed by atoms with E-state index in [2.05, 4.69) is 18.2 Å². The topological polar surface area (TPSA) is 60.4 Å². The molecule has 34 heavy (non-hydrogen) atoms. The molecule has 1 aliphatic rings. The fourth-order valence-electron chi connectivity index (χ4n) is 4.78. The second kappa shape index (κ2) is 6.90. The van der Waals surface area contributed by atoms with E-state index in [1.165, 1.54) is 6.08 Å². The summed E-state index contributed by atoms with van der Waals surface area (Å²) in [6.45, 7) is 0. The normalized spacial score (nSPS) is 13.4. The molecule has 0 saturated heterocycles. The Labute approximate surface area is 193 Å². The van der Waals surface area contributed by atoms with Gasteiger partial charge in [0.25, 0.3) is 0 Å². The van der Waals surface area contributed by atoms with E-state index >= 15 is 0 Å². The number of furan rings is 2. The molecule has 0 aliphatic heterocycles. The Kier molecular flexibility index (Phi) is 3.82. The molecule has 7 rings (SSSR count). The quantitative estimate of drug-likeness (QED) is 0.207. The molecule has 4 heteroatoms. The van der Waals surface area contributed by atoms with E-state index in [0.717, 1.165) is 27.1 Å². The highest BCUT2D eigenvalue weighted by atomic mass is 16.4. The van der Waals surface area contributed by atoms with E-state index in [9.17, 15) is 9.59 Å². The minimum atomic E-state index is -0.282. The van der Waals surface area contributed by atoms with Crippen LogP contribution in [0.2, 0.25) is 0 Å². The van der Waals surface area contributed by atoms with Gasteiger partial charge in [-0.15, -0.1) is 0 Å². The third-order valence-corrected chi connectivity index (χ3v) is 6.43. The molecular formula is C30H16O4. The molecule has 4 aromatic carbocycles. The minimum absolute atomic E-state index is 0.107. The summed E-state index contributed by atoms with van der Waals surface area (Å²) in [6.07, 6.45) is 1.52. The van der Waals surface area contributed by atoms with Crippen molar-refractivity contribution in [1.29, 1.82) is 0 Å². The van der Waals surface area contributed by atoms with Gasteiger partial charge in [0.2, 0.25) is 0 Å². The number of carbonyl (C=O) groups excluding carboxylic acids is 2. The number of rotatable bonds is 2. The Hall–Kier alpha value is -4.70. The molecule has 0 radical (unpaired) electrons. The maximum atomic E-state index is 13.0. The van der Waals surface area contributed by atoms with Crippen molar-refractivity contribution < 1.29 is 18.4 Å². The molecule has 160 valence electrons. The summed E-state index contributed by atoms with van der Waals surface area (Å²) in [7, 11) is 0. The molecule has 6 aromatic rings. The van der Waals surface area contributed by atoms with E-state index in [1.54, 1.807) is 18.2 Å². The average Bonchev–Trinajstić information content (AvgIpc) is 3.50. The fraction of sp³-hybridized carbons (Fsp3) is 0. The number of fused-ring (bicyclic) bond motifs is 4. The fourth-order valence-corrected chi connectivity index (χ4v) is 4.78. The number of carbonyl (C=O) groups is 2. The van der Waals surface area contributed by atoms with Crippen LogP contribution in [0.3, 0.4) is 0 Å². The van der Waals surface area contributed by atoms with Crippen molar-refractivity contribution in [3.8, 4) is 11.3 Å². The highest BCUT2D eigenvalue weighted by molar-refractivity contribution is 6.42. The van der Waals surface area contributed by atoms with Crippen LogP contribution in [0.25, 0.3) is 50.1 Å². The third kappa shape index (κ3) is 2.72. The Bertz CT molecular complexity index is 1750. The first-order chi connectivity index (χ1) is 16.7. The van der Waals surface area contributed by atoms with Gasteiger partial charge in [0.05, 0.1) is 5.57 Å². The van der Waals surface area contributed by atoms with Crippen molar-refractivity contribution in [2.24, 2.45) is 0 Å². The molecule has 0 saturated carbocycles. The highest BCUT2D eigenvalue weighted by Gasteiger charge is 2.33. The van der Waals surface area contributed by atoms with E-state index in [4.69, 9.17) is 8.83 Å². The van der Waals surface area contributed by atoms with Crippen LogP contribution in [0.15, 0.2) is 105 Å². The van der Waals surface area contributed by atoms with Crippen LogP contribution in [0.5, 0.6) is 0 Å². The second-order valence-corrected chi connectivity index (χ2v) is 8.48. The third-order valence-electron chi connectivity index (χ3n) is 6.43. The lowest BCUT2D eigenvalue weighted by Crippen LogP contribution is -1.99. The van der Waals surface area contributed by atoms with Gasteiger partial charge in [-0.1, -0.05) is 66.7 Å². The SMILES string of the molecule is O=C1C(=Cc2cc3oc(-c4cccc5ccccc45)cc3o2)C(=O)c2cc3ccccc3cc21. The van der Waals surface area contributed by atoms with Crippen LogP contribution in [0.4, 0.5) is 0 Å². The zero-order valence-corrected chi connectivity index (χ0v) is 17.9. The standard InChI is InChI=1S/C30H16O4/c31-29-23-12-18-7-1-2-8-19(18)13-24(23)30(32)25(29)14-20-15-27-28(33-20)16-26(34-27)22-11-5-9-17-6-3-4-10-21(17)22/h1-16H. The molecule has 0 fully saturated rings. The average molecular weight is 440 g/mol.